The van der Waals surface area contributed by atoms with Gasteiger partial charge in [-0.2, -0.15) is 5.10 Å². The van der Waals surface area contributed by atoms with E-state index in [0.29, 0.717) is 29.6 Å². The van der Waals surface area contributed by atoms with Gasteiger partial charge in [0.05, 0.1) is 11.6 Å². The molecule has 2 heterocycles. The number of rotatable bonds is 5. The highest BCUT2D eigenvalue weighted by Gasteiger charge is 2.24. The first-order valence-corrected chi connectivity index (χ1v) is 11.1. The Morgan fingerprint density at radius 1 is 1.16 bits per heavy atom. The van der Waals surface area contributed by atoms with Crippen molar-refractivity contribution in [2.45, 2.75) is 6.54 Å². The van der Waals surface area contributed by atoms with Gasteiger partial charge in [0, 0.05) is 43.5 Å². The van der Waals surface area contributed by atoms with E-state index < -0.39 is 0 Å². The summed E-state index contributed by atoms with van der Waals surface area (Å²) in [6, 6.07) is 15.6. The Kier molecular flexibility index (Phi) is 6.38. The number of aromatic nitrogens is 2. The number of nitrogens with zero attached hydrogens (tertiary/aromatic N) is 4. The topological polar surface area (TPSA) is 76.6 Å². The van der Waals surface area contributed by atoms with Crippen LogP contribution in [0.2, 0.25) is 5.02 Å². The lowest BCUT2D eigenvalue weighted by molar-refractivity contribution is -0.132. The van der Waals surface area contributed by atoms with Crippen LogP contribution in [0, 0.1) is 0 Å². The Balaban J connectivity index is 1.41. The summed E-state index contributed by atoms with van der Waals surface area (Å²) in [5.41, 5.74) is 8.65. The number of nitrogens with two attached hydrogens (primary N) is 1. The van der Waals surface area contributed by atoms with Gasteiger partial charge in [0.2, 0.25) is 5.91 Å². The van der Waals surface area contributed by atoms with E-state index in [4.69, 9.17) is 22.1 Å². The second-order valence-electron chi connectivity index (χ2n) is 7.26. The standard InChI is InChI=1S/C22H23BrClN5O2/c1-31-18-13-16(7-8-17(18)23)27-9-11-28(12-10-27)19(30)14-29-22(25)20(24)21(26-29)15-5-3-2-4-6-15/h2-8,13H,9-12,14,25H2,1H3. The predicted molar refractivity (Wildman–Crippen MR) is 127 cm³/mol. The average Bonchev–Trinajstić information content (AvgIpc) is 3.08. The molecule has 2 aromatic carbocycles. The zero-order valence-corrected chi connectivity index (χ0v) is 19.4. The fourth-order valence-electron chi connectivity index (χ4n) is 3.64. The lowest BCUT2D eigenvalue weighted by atomic mass is 10.1. The fourth-order valence-corrected chi connectivity index (χ4v) is 4.29. The second kappa shape index (κ2) is 9.20. The number of piperazine rings is 1. The highest BCUT2D eigenvalue weighted by Crippen LogP contribution is 2.32. The van der Waals surface area contributed by atoms with Crippen molar-refractivity contribution >= 4 is 44.9 Å². The molecule has 7 nitrogen and oxygen atoms in total. The number of nitrogen functional groups attached to an aromatic ring is 1. The number of anilines is 2. The summed E-state index contributed by atoms with van der Waals surface area (Å²) in [4.78, 5) is 17.0. The van der Waals surface area contributed by atoms with Crippen LogP contribution in [0.4, 0.5) is 11.5 Å². The number of ether oxygens (including phenoxy) is 1. The zero-order chi connectivity index (χ0) is 22.0. The minimum atomic E-state index is -0.0292. The molecule has 0 spiro atoms. The number of hydrogen-bond donors (Lipinski definition) is 1. The van der Waals surface area contributed by atoms with Gasteiger partial charge in [0.25, 0.3) is 0 Å². The van der Waals surface area contributed by atoms with Gasteiger partial charge in [0.15, 0.2) is 0 Å². The van der Waals surface area contributed by atoms with Gasteiger partial charge in [-0.1, -0.05) is 41.9 Å². The summed E-state index contributed by atoms with van der Waals surface area (Å²) in [6.07, 6.45) is 0. The first kappa shape index (κ1) is 21.5. The number of carbonyl (C=O) groups excluding carboxylic acids is 1. The SMILES string of the molecule is COc1cc(N2CCN(C(=O)Cn3nc(-c4ccccc4)c(Cl)c3N)CC2)ccc1Br. The van der Waals surface area contributed by atoms with Crippen LogP contribution < -0.4 is 15.4 Å². The normalized spacial score (nSPS) is 14.0. The molecular formula is C22H23BrClN5O2. The minimum absolute atomic E-state index is 0.0292. The van der Waals surface area contributed by atoms with Crippen LogP contribution in [0.5, 0.6) is 5.75 Å². The molecule has 0 unspecified atom stereocenters. The van der Waals surface area contributed by atoms with Gasteiger partial charge < -0.3 is 20.3 Å². The summed E-state index contributed by atoms with van der Waals surface area (Å²) in [7, 11) is 1.65. The van der Waals surface area contributed by atoms with Gasteiger partial charge in [-0.3, -0.25) is 4.79 Å². The van der Waals surface area contributed by atoms with Crippen LogP contribution in [0.1, 0.15) is 0 Å². The molecule has 0 aliphatic carbocycles. The van der Waals surface area contributed by atoms with Crippen molar-refractivity contribution in [2.75, 3.05) is 43.9 Å². The molecule has 9 heteroatoms. The number of benzene rings is 2. The van der Waals surface area contributed by atoms with Crippen molar-refractivity contribution in [1.82, 2.24) is 14.7 Å². The van der Waals surface area contributed by atoms with E-state index >= 15 is 0 Å². The van der Waals surface area contributed by atoms with Crippen molar-refractivity contribution in [3.63, 3.8) is 0 Å². The van der Waals surface area contributed by atoms with Crippen LogP contribution in [-0.4, -0.2) is 53.9 Å². The van der Waals surface area contributed by atoms with Gasteiger partial charge in [-0.25, -0.2) is 4.68 Å². The molecule has 2 N–H and O–H groups in total. The minimum Gasteiger partial charge on any atom is -0.495 e. The number of carbonyl (C=O) groups is 1. The third-order valence-corrected chi connectivity index (χ3v) is 6.42. The number of hydrogen-bond acceptors (Lipinski definition) is 5. The summed E-state index contributed by atoms with van der Waals surface area (Å²) < 4.78 is 7.79. The van der Waals surface area contributed by atoms with E-state index in [2.05, 4.69) is 25.9 Å². The number of amides is 1. The van der Waals surface area contributed by atoms with Gasteiger partial charge >= 0.3 is 0 Å². The number of halogens is 2. The maximum Gasteiger partial charge on any atom is 0.244 e. The molecule has 31 heavy (non-hydrogen) atoms. The van der Waals surface area contributed by atoms with E-state index in [1.54, 1.807) is 7.11 Å². The highest BCUT2D eigenvalue weighted by atomic mass is 79.9. The van der Waals surface area contributed by atoms with Crippen LogP contribution in [0.25, 0.3) is 11.3 Å². The van der Waals surface area contributed by atoms with Gasteiger partial charge in [-0.15, -0.1) is 0 Å². The Morgan fingerprint density at radius 2 is 1.87 bits per heavy atom. The lowest BCUT2D eigenvalue weighted by Gasteiger charge is -2.36. The summed E-state index contributed by atoms with van der Waals surface area (Å²) in [5.74, 6) is 1.06. The summed E-state index contributed by atoms with van der Waals surface area (Å²) in [6.45, 7) is 2.78. The lowest BCUT2D eigenvalue weighted by Crippen LogP contribution is -2.49. The molecule has 0 atom stereocenters. The van der Waals surface area contributed by atoms with Gasteiger partial charge in [-0.05, 0) is 28.1 Å². The Labute approximate surface area is 194 Å². The molecule has 1 amide bonds. The van der Waals surface area contributed by atoms with Crippen LogP contribution in [-0.2, 0) is 11.3 Å². The monoisotopic (exact) mass is 503 g/mol. The molecule has 4 rings (SSSR count). The Morgan fingerprint density at radius 3 is 2.55 bits per heavy atom. The summed E-state index contributed by atoms with van der Waals surface area (Å²) >= 11 is 9.86. The molecule has 0 saturated carbocycles. The van der Waals surface area contributed by atoms with E-state index in [1.165, 1.54) is 4.68 Å². The quantitative estimate of drug-likeness (QED) is 0.570. The maximum atomic E-state index is 12.9. The van der Waals surface area contributed by atoms with E-state index in [-0.39, 0.29) is 12.5 Å². The molecule has 0 radical (unpaired) electrons. The number of methoxy groups -OCH3 is 1. The molecule has 1 fully saturated rings. The van der Waals surface area contributed by atoms with Crippen molar-refractivity contribution in [3.8, 4) is 17.0 Å². The molecule has 1 aliphatic rings. The molecule has 3 aromatic rings. The van der Waals surface area contributed by atoms with E-state index in [0.717, 1.165) is 34.6 Å². The van der Waals surface area contributed by atoms with Crippen molar-refractivity contribution in [2.24, 2.45) is 0 Å². The maximum absolute atomic E-state index is 12.9. The smallest absolute Gasteiger partial charge is 0.244 e. The third kappa shape index (κ3) is 4.50. The first-order valence-electron chi connectivity index (χ1n) is 9.91. The fraction of sp³-hybridized carbons (Fsp3) is 0.273. The molecule has 162 valence electrons. The van der Waals surface area contributed by atoms with Crippen LogP contribution in [0.3, 0.4) is 0 Å². The van der Waals surface area contributed by atoms with Crippen molar-refractivity contribution in [1.29, 1.82) is 0 Å². The van der Waals surface area contributed by atoms with E-state index in [1.807, 2.05) is 53.4 Å². The van der Waals surface area contributed by atoms with Crippen LogP contribution in [0.15, 0.2) is 53.0 Å². The second-order valence-corrected chi connectivity index (χ2v) is 8.49. The first-order chi connectivity index (χ1) is 15.0. The third-order valence-electron chi connectivity index (χ3n) is 5.40. The summed E-state index contributed by atoms with van der Waals surface area (Å²) in [5, 5.41) is 4.86. The van der Waals surface area contributed by atoms with Gasteiger partial charge in [0.1, 0.15) is 28.8 Å². The molecule has 1 saturated heterocycles. The molecular weight excluding hydrogens is 482 g/mol. The zero-order valence-electron chi connectivity index (χ0n) is 17.1. The molecule has 1 aromatic heterocycles. The van der Waals surface area contributed by atoms with Crippen molar-refractivity contribution < 1.29 is 9.53 Å². The molecule has 1 aliphatic heterocycles. The van der Waals surface area contributed by atoms with E-state index in [9.17, 15) is 4.79 Å². The van der Waals surface area contributed by atoms with Crippen LogP contribution >= 0.6 is 27.5 Å². The largest absolute Gasteiger partial charge is 0.495 e. The highest BCUT2D eigenvalue weighted by molar-refractivity contribution is 9.10. The Hall–Kier alpha value is -2.71. The van der Waals surface area contributed by atoms with Crippen molar-refractivity contribution in [3.05, 3.63) is 58.0 Å². The molecule has 0 bridgehead atoms. The average molecular weight is 505 g/mol. The predicted octanol–water partition coefficient (Wildman–Crippen LogP) is 3.91. The Bertz CT molecular complexity index is 1080.